The van der Waals surface area contributed by atoms with E-state index in [4.69, 9.17) is 63.1 Å². The molecule has 24 nitrogen and oxygen atoms in total. The number of hydrogen-bond donors (Lipinski definition) is 4. The molecular formula is C111H139Cl2FN20O4. The Hall–Kier alpha value is -10.9. The summed E-state index contributed by atoms with van der Waals surface area (Å²) in [5.74, 6) is 11.7. The van der Waals surface area contributed by atoms with Crippen LogP contribution in [-0.4, -0.2) is 248 Å². The monoisotopic (exact) mass is 1910 g/mol. The summed E-state index contributed by atoms with van der Waals surface area (Å²) in [5, 5.41) is 43.1. The van der Waals surface area contributed by atoms with Gasteiger partial charge in [-0.2, -0.15) is 0 Å². The topological polar surface area (TPSA) is 223 Å². The lowest BCUT2D eigenvalue weighted by Crippen LogP contribution is -2.39. The number of piperidine rings is 4. The maximum Gasteiger partial charge on any atom is 0.148 e. The zero-order valence-corrected chi connectivity index (χ0v) is 83.7. The lowest BCUT2D eigenvalue weighted by molar-refractivity contribution is 0.303. The molecule has 4 aromatic heterocycles. The van der Waals surface area contributed by atoms with Crippen molar-refractivity contribution in [3.63, 3.8) is 0 Å². The normalized spacial score (nSPS) is 17.8. The van der Waals surface area contributed by atoms with Crippen molar-refractivity contribution in [2.45, 2.75) is 170 Å². The van der Waals surface area contributed by atoms with Crippen molar-refractivity contribution < 1.29 is 24.8 Å². The van der Waals surface area contributed by atoms with E-state index in [0.29, 0.717) is 94.8 Å². The van der Waals surface area contributed by atoms with E-state index < -0.39 is 0 Å². The number of aromatic nitrogens is 8. The number of rotatable bonds is 28. The van der Waals surface area contributed by atoms with Crippen LogP contribution in [0.15, 0.2) is 146 Å². The Bertz CT molecular complexity index is 5900. The summed E-state index contributed by atoms with van der Waals surface area (Å²) in [7, 11) is 16.2. The number of anilines is 12. The molecule has 728 valence electrons. The third-order valence-corrected chi connectivity index (χ3v) is 31.1. The molecule has 0 atom stereocenters. The van der Waals surface area contributed by atoms with Gasteiger partial charge in [-0.25, -0.2) is 44.3 Å². The fourth-order valence-electron chi connectivity index (χ4n) is 21.6. The van der Waals surface area contributed by atoms with Crippen LogP contribution >= 0.6 is 23.2 Å². The fourth-order valence-corrected chi connectivity index (χ4v) is 22.2. The highest BCUT2D eigenvalue weighted by Gasteiger charge is 2.38. The smallest absolute Gasteiger partial charge is 0.148 e. The average Bonchev–Trinajstić information content (AvgIpc) is 0.797. The van der Waals surface area contributed by atoms with E-state index in [2.05, 4.69) is 201 Å². The highest BCUT2D eigenvalue weighted by molar-refractivity contribution is 6.34. The summed E-state index contributed by atoms with van der Waals surface area (Å²) in [5.41, 5.74) is 19.6. The molecule has 138 heavy (non-hydrogen) atoms. The predicted octanol–water partition coefficient (Wildman–Crippen LogP) is 19.6. The minimum Gasteiger partial charge on any atom is -0.395 e. The molecule has 27 heteroatoms. The summed E-state index contributed by atoms with van der Waals surface area (Å²) in [6.45, 7) is 17.0. The first kappa shape index (κ1) is 96.0. The summed E-state index contributed by atoms with van der Waals surface area (Å²) >= 11 is 13.3. The van der Waals surface area contributed by atoms with Crippen molar-refractivity contribution >= 4 is 136 Å². The van der Waals surface area contributed by atoms with Crippen molar-refractivity contribution in [3.8, 4) is 0 Å². The molecule has 0 spiro atoms. The predicted molar refractivity (Wildman–Crippen MR) is 567 cm³/mol. The van der Waals surface area contributed by atoms with Gasteiger partial charge in [-0.3, -0.25) is 0 Å². The van der Waals surface area contributed by atoms with Gasteiger partial charge in [-0.1, -0.05) is 96.0 Å². The first-order valence-corrected chi connectivity index (χ1v) is 51.8. The zero-order valence-electron chi connectivity index (χ0n) is 82.2. The minimum absolute atomic E-state index is 0.0279. The van der Waals surface area contributed by atoms with Crippen molar-refractivity contribution in [1.29, 1.82) is 0 Å². The Kier molecular flexibility index (Phi) is 29.6. The third kappa shape index (κ3) is 21.2. The molecule has 22 rings (SSSR count). The van der Waals surface area contributed by atoms with Crippen molar-refractivity contribution in [3.05, 3.63) is 213 Å². The van der Waals surface area contributed by atoms with Crippen molar-refractivity contribution in [2.75, 3.05) is 246 Å². The molecule has 12 aromatic rings. The summed E-state index contributed by atoms with van der Waals surface area (Å²) in [4.78, 5) is 67.1. The standard InChI is InChI=1S/C29H37N5O.C28H34ClN5O.C27H34ClN5O.C27H34FN5O/c1-20-18-25-24(19-27(20)32(2)16-17-35)29(31-28(30-25)22-8-9-22)34-14-10-21(11-15-34)23-6-3-4-7-26(23)33-12-5-13-33;1-32(15-16-35)26-17-22-24(18-23(26)29)30-27(20-7-8-20)31-28(22)34-13-9-19(10-14-34)21-5-2-3-6-25(21)33-11-4-12-33;2*1-31(2)24-7-5-4-6-20(24)18-10-12-33(13-11-18)27-21-16-25(32(3)14-15-34)22(28)17-23(21)29-26(30-27)19-8-9-19/h3-4,6-7,18-19,21-22,35H,5,8-17H2,1-2H3;2-3,5-6,17-20,35H,4,7-16H2,1H3;2*4-7,16-19,34H,8-15H2,1-3H3. The molecule has 4 aliphatic carbocycles. The fraction of sp³-hybridized carbons (Fsp3) is 0.495. The summed E-state index contributed by atoms with van der Waals surface area (Å²) in [6.07, 6.45) is 20.8. The maximum absolute atomic E-state index is 15.0. The van der Waals surface area contributed by atoms with Crippen LogP contribution in [0.1, 0.15) is 214 Å². The Morgan fingerprint density at radius 2 is 0.558 bits per heavy atom. The van der Waals surface area contributed by atoms with E-state index in [-0.39, 0.29) is 32.2 Å². The number of halogens is 3. The molecule has 0 amide bonds. The van der Waals surface area contributed by atoms with Gasteiger partial charge in [-0.05, 0) is 241 Å². The van der Waals surface area contributed by atoms with Crippen LogP contribution < -0.4 is 58.8 Å². The molecule has 10 aliphatic rings. The van der Waals surface area contributed by atoms with E-state index in [9.17, 15) is 24.8 Å². The maximum atomic E-state index is 15.0. The number of aliphatic hydroxyl groups is 4. The average molecular weight is 1910 g/mol. The molecule has 0 bridgehead atoms. The van der Waals surface area contributed by atoms with Crippen LogP contribution in [0, 0.1) is 12.7 Å². The molecule has 8 aromatic carbocycles. The number of aryl methyl sites for hydroxylation is 1. The van der Waals surface area contributed by atoms with Gasteiger partial charge in [0.2, 0.25) is 0 Å². The highest BCUT2D eigenvalue weighted by Crippen LogP contribution is 2.50. The Labute approximate surface area is 823 Å². The number of fused-ring (bicyclic) bond motifs is 4. The summed E-state index contributed by atoms with van der Waals surface area (Å²) < 4.78 is 15.0. The van der Waals surface area contributed by atoms with Crippen LogP contribution in [0.2, 0.25) is 10.0 Å². The van der Waals surface area contributed by atoms with Crippen LogP contribution in [0.25, 0.3) is 43.6 Å². The van der Waals surface area contributed by atoms with E-state index in [1.54, 1.807) is 11.9 Å². The Morgan fingerprint density at radius 1 is 0.290 bits per heavy atom. The van der Waals surface area contributed by atoms with Crippen LogP contribution in [0.4, 0.5) is 73.2 Å². The van der Waals surface area contributed by atoms with Crippen molar-refractivity contribution in [2.24, 2.45) is 0 Å². The lowest BCUT2D eigenvalue weighted by Gasteiger charge is -2.39. The molecule has 6 saturated heterocycles. The summed E-state index contributed by atoms with van der Waals surface area (Å²) in [6, 6.07) is 51.6. The zero-order chi connectivity index (χ0) is 95.5. The highest BCUT2D eigenvalue weighted by atomic mass is 35.5. The Morgan fingerprint density at radius 3 is 0.862 bits per heavy atom. The van der Waals surface area contributed by atoms with Gasteiger partial charge in [0, 0.05) is 241 Å². The molecule has 4 saturated carbocycles. The number of nitrogens with zero attached hydrogens (tertiary/aromatic N) is 20. The third-order valence-electron chi connectivity index (χ3n) is 30.5. The number of benzene rings is 8. The largest absolute Gasteiger partial charge is 0.395 e. The molecular weight excluding hydrogens is 1770 g/mol. The number of hydrogen-bond acceptors (Lipinski definition) is 24. The molecule has 4 N–H and O–H groups in total. The van der Waals surface area contributed by atoms with Gasteiger partial charge in [0.25, 0.3) is 0 Å². The van der Waals surface area contributed by atoms with Crippen LogP contribution in [-0.2, 0) is 0 Å². The Balaban J connectivity index is 0.000000118. The second kappa shape index (κ2) is 42.6. The van der Waals surface area contributed by atoms with Gasteiger partial charge >= 0.3 is 0 Å². The second-order valence-corrected chi connectivity index (χ2v) is 41.5. The van der Waals surface area contributed by atoms with E-state index >= 15 is 0 Å². The van der Waals surface area contributed by atoms with Gasteiger partial charge in [0.1, 0.15) is 52.4 Å². The first-order valence-electron chi connectivity index (χ1n) is 51.0. The number of para-hydroxylation sites is 4. The van der Waals surface area contributed by atoms with Gasteiger partial charge in [0.15, 0.2) is 0 Å². The van der Waals surface area contributed by atoms with Crippen molar-refractivity contribution in [1.82, 2.24) is 39.9 Å². The number of likely N-dealkylation sites (N-methyl/N-ethyl adjacent to an activating group) is 4. The molecule has 6 aliphatic heterocycles. The number of aliphatic hydroxyl groups excluding tert-OH is 4. The first-order chi connectivity index (χ1) is 67.2. The molecule has 0 radical (unpaired) electrons. The van der Waals surface area contributed by atoms with Gasteiger partial charge < -0.3 is 79.2 Å². The van der Waals surface area contributed by atoms with E-state index in [1.165, 1.54) is 134 Å². The SMILES string of the molecule is CN(C)c1ccccc1C1CCN(c2nc(C3CC3)nc3cc(Cl)c(N(C)CCO)cc23)CC1.CN(C)c1ccccc1C1CCN(c2nc(C3CC3)nc3cc(F)c(N(C)CCO)cc23)CC1.CN(CCO)c1cc2c(N3CCC(c4ccccc4N4CCC4)CC3)nc(C3CC3)nc2cc1Cl.Cc1cc2nc(C3CC3)nc(N3CCC(c4ccccc4N4CCC4)CC3)c2cc1N(C)CCO. The van der Waals surface area contributed by atoms with Crippen LogP contribution in [0.3, 0.4) is 0 Å². The van der Waals surface area contributed by atoms with Crippen LogP contribution in [0.5, 0.6) is 0 Å². The van der Waals surface area contributed by atoms with Gasteiger partial charge in [0.05, 0.1) is 75.6 Å². The second-order valence-electron chi connectivity index (χ2n) is 40.7. The molecule has 0 unspecified atom stereocenters. The quantitative estimate of drug-likeness (QED) is 0.0358. The van der Waals surface area contributed by atoms with E-state index in [0.717, 1.165) is 218 Å². The molecule has 10 fully saturated rings. The van der Waals surface area contributed by atoms with E-state index in [1.807, 2.05) is 49.1 Å². The minimum atomic E-state index is -0.311. The van der Waals surface area contributed by atoms with Gasteiger partial charge in [-0.15, -0.1) is 0 Å². The lowest BCUT2D eigenvalue weighted by atomic mass is 9.87. The molecule has 10 heterocycles.